The van der Waals surface area contributed by atoms with Gasteiger partial charge in [0.1, 0.15) is 0 Å². The van der Waals surface area contributed by atoms with Gasteiger partial charge in [-0.25, -0.2) is 0 Å². The molecule has 0 atom stereocenters. The zero-order valence-corrected chi connectivity index (χ0v) is 8.95. The largest absolute Gasteiger partial charge is 0.0656 e. The van der Waals surface area contributed by atoms with Crippen molar-refractivity contribution in [2.45, 2.75) is 72.6 Å². The molecule has 0 heteroatoms. The van der Waals surface area contributed by atoms with Crippen molar-refractivity contribution in [3.05, 3.63) is 0 Å². The molecule has 70 valence electrons. The second-order valence-corrected chi connectivity index (χ2v) is 3.12. The summed E-state index contributed by atoms with van der Waals surface area (Å²) in [6, 6.07) is 0. The molecule has 0 amide bonds. The fraction of sp³-hybridized carbons (Fsp3) is 1.00. The van der Waals surface area contributed by atoms with Gasteiger partial charge in [-0.2, -0.15) is 0 Å². The van der Waals surface area contributed by atoms with Gasteiger partial charge in [-0.3, -0.25) is 0 Å². The normalized spacial score (nSPS) is 8.73. The number of unbranched alkanes of at least 4 members (excludes halogenated alkanes) is 5. The van der Waals surface area contributed by atoms with E-state index in [-0.39, 0.29) is 0 Å². The van der Waals surface area contributed by atoms with E-state index >= 15 is 0 Å². The van der Waals surface area contributed by atoms with Crippen molar-refractivity contribution in [3.63, 3.8) is 0 Å². The van der Waals surface area contributed by atoms with Crippen LogP contribution in [0.25, 0.3) is 0 Å². The summed E-state index contributed by atoms with van der Waals surface area (Å²) in [4.78, 5) is 0. The Labute approximate surface area is 73.4 Å². The van der Waals surface area contributed by atoms with Gasteiger partial charge in [0.15, 0.2) is 0 Å². The van der Waals surface area contributed by atoms with Crippen LogP contribution in [0, 0.1) is 0 Å². The summed E-state index contributed by atoms with van der Waals surface area (Å²) in [5.74, 6) is 0. The second-order valence-electron chi connectivity index (χ2n) is 3.12. The van der Waals surface area contributed by atoms with E-state index in [0.29, 0.717) is 0 Å². The maximum atomic E-state index is 2.26. The van der Waals surface area contributed by atoms with Crippen LogP contribution in [0.1, 0.15) is 72.6 Å². The number of rotatable bonds is 5. The standard InChI is InChI=1S/C8H18.C3H8/c1-3-5-7-8-6-4-2;1-3-2/h3-8H2,1-2H3;3H2,1-2H3. The lowest BCUT2D eigenvalue weighted by Gasteiger charge is -1.93. The van der Waals surface area contributed by atoms with E-state index in [0.717, 1.165) is 0 Å². The molecule has 0 spiro atoms. The van der Waals surface area contributed by atoms with Crippen LogP contribution in [0.15, 0.2) is 0 Å². The van der Waals surface area contributed by atoms with Crippen molar-refractivity contribution in [2.75, 3.05) is 0 Å². The van der Waals surface area contributed by atoms with Gasteiger partial charge < -0.3 is 0 Å². The topological polar surface area (TPSA) is 0 Å². The van der Waals surface area contributed by atoms with Crippen LogP contribution in [0.3, 0.4) is 0 Å². The van der Waals surface area contributed by atoms with Crippen molar-refractivity contribution in [1.82, 2.24) is 0 Å². The fourth-order valence-corrected chi connectivity index (χ4v) is 0.854. The van der Waals surface area contributed by atoms with Gasteiger partial charge >= 0.3 is 0 Å². The van der Waals surface area contributed by atoms with E-state index < -0.39 is 0 Å². The van der Waals surface area contributed by atoms with Gasteiger partial charge in [-0.05, 0) is 0 Å². The first-order valence-corrected chi connectivity index (χ1v) is 5.33. The zero-order valence-electron chi connectivity index (χ0n) is 8.95. The Kier molecular flexibility index (Phi) is 20.4. The molecule has 0 aliphatic heterocycles. The maximum Gasteiger partial charge on any atom is -0.0533 e. The molecule has 0 radical (unpaired) electrons. The van der Waals surface area contributed by atoms with Gasteiger partial charge in [0.2, 0.25) is 0 Å². The molecule has 0 bridgehead atoms. The highest BCUT2D eigenvalue weighted by Gasteiger charge is 1.83. The van der Waals surface area contributed by atoms with Crippen molar-refractivity contribution < 1.29 is 0 Å². The summed E-state index contributed by atoms with van der Waals surface area (Å²) >= 11 is 0. The third-order valence-electron chi connectivity index (χ3n) is 1.46. The summed E-state index contributed by atoms with van der Waals surface area (Å²) in [7, 11) is 0. The van der Waals surface area contributed by atoms with Crippen molar-refractivity contribution >= 4 is 0 Å². The van der Waals surface area contributed by atoms with Gasteiger partial charge in [-0.1, -0.05) is 72.6 Å². The molecule has 0 rings (SSSR count). The molecule has 0 aromatic carbocycles. The zero-order chi connectivity index (χ0) is 8.95. The average Bonchev–Trinajstić information content (AvgIpc) is 2.00. The maximum absolute atomic E-state index is 2.26. The lowest BCUT2D eigenvalue weighted by Crippen LogP contribution is -1.73. The van der Waals surface area contributed by atoms with Crippen molar-refractivity contribution in [3.8, 4) is 0 Å². The summed E-state index contributed by atoms with van der Waals surface area (Å²) in [6.45, 7) is 8.76. The molecule has 0 unspecified atom stereocenters. The Hall–Kier alpha value is 0. The quantitative estimate of drug-likeness (QED) is 0.505. The Morgan fingerprint density at radius 3 is 1.00 bits per heavy atom. The SMILES string of the molecule is CCC.CCCCCCCC. The molecule has 0 aromatic rings. The molecule has 0 N–H and O–H groups in total. The van der Waals surface area contributed by atoms with Gasteiger partial charge in [0.05, 0.1) is 0 Å². The van der Waals surface area contributed by atoms with Crippen LogP contribution in [0.5, 0.6) is 0 Å². The number of hydrogen-bond acceptors (Lipinski definition) is 0. The Morgan fingerprint density at radius 2 is 0.818 bits per heavy atom. The average molecular weight is 158 g/mol. The first-order valence-electron chi connectivity index (χ1n) is 5.33. The minimum Gasteiger partial charge on any atom is -0.0656 e. The predicted molar refractivity (Wildman–Crippen MR) is 55.0 cm³/mol. The van der Waals surface area contributed by atoms with Crippen LogP contribution in [0.2, 0.25) is 0 Å². The summed E-state index contributed by atoms with van der Waals surface area (Å²) < 4.78 is 0. The highest BCUT2D eigenvalue weighted by molar-refractivity contribution is 4.39. The van der Waals surface area contributed by atoms with Crippen molar-refractivity contribution in [1.29, 1.82) is 0 Å². The third-order valence-corrected chi connectivity index (χ3v) is 1.46. The first-order chi connectivity index (χ1) is 5.33. The molecule has 0 fully saturated rings. The Morgan fingerprint density at radius 1 is 0.545 bits per heavy atom. The smallest absolute Gasteiger partial charge is 0.0533 e. The van der Waals surface area contributed by atoms with E-state index in [2.05, 4.69) is 27.7 Å². The Balaban J connectivity index is 0. The summed E-state index contributed by atoms with van der Waals surface area (Å²) in [6.07, 6.45) is 9.74. The molecule has 0 saturated carbocycles. The minimum absolute atomic E-state index is 1.25. The lowest BCUT2D eigenvalue weighted by atomic mass is 10.1. The molecule has 0 aliphatic rings. The van der Waals surface area contributed by atoms with Crippen molar-refractivity contribution in [2.24, 2.45) is 0 Å². The number of hydrogen-bond donors (Lipinski definition) is 0. The Bertz CT molecular complexity index is 33.3. The molecule has 0 nitrogen and oxygen atoms in total. The minimum atomic E-state index is 1.25. The molecular formula is C11H26. The molecule has 0 aromatic heterocycles. The third kappa shape index (κ3) is 25.6. The highest BCUT2D eigenvalue weighted by Crippen LogP contribution is 2.03. The van der Waals surface area contributed by atoms with Gasteiger partial charge in [0.25, 0.3) is 0 Å². The van der Waals surface area contributed by atoms with Crippen LogP contribution in [-0.2, 0) is 0 Å². The molecule has 0 aliphatic carbocycles. The van der Waals surface area contributed by atoms with Crippen LogP contribution in [0.4, 0.5) is 0 Å². The van der Waals surface area contributed by atoms with E-state index in [1.54, 1.807) is 0 Å². The van der Waals surface area contributed by atoms with Crippen LogP contribution >= 0.6 is 0 Å². The van der Waals surface area contributed by atoms with E-state index in [1.807, 2.05) is 0 Å². The summed E-state index contributed by atoms with van der Waals surface area (Å²) in [5, 5.41) is 0. The van der Waals surface area contributed by atoms with E-state index in [1.165, 1.54) is 44.9 Å². The van der Waals surface area contributed by atoms with Crippen LogP contribution in [-0.4, -0.2) is 0 Å². The monoisotopic (exact) mass is 158 g/mol. The lowest BCUT2D eigenvalue weighted by molar-refractivity contribution is 0.624. The van der Waals surface area contributed by atoms with Crippen LogP contribution < -0.4 is 0 Å². The highest BCUT2D eigenvalue weighted by atomic mass is 13.9. The van der Waals surface area contributed by atoms with Gasteiger partial charge in [0, 0.05) is 0 Å². The first kappa shape index (κ1) is 13.6. The molecular weight excluding hydrogens is 132 g/mol. The van der Waals surface area contributed by atoms with E-state index in [9.17, 15) is 0 Å². The molecule has 11 heavy (non-hydrogen) atoms. The fourth-order valence-electron chi connectivity index (χ4n) is 0.854. The second kappa shape index (κ2) is 16.5. The molecule has 0 saturated heterocycles. The predicted octanol–water partition coefficient (Wildman–Crippen LogP) is 4.78. The van der Waals surface area contributed by atoms with E-state index in [4.69, 9.17) is 0 Å². The van der Waals surface area contributed by atoms with Gasteiger partial charge in [-0.15, -0.1) is 0 Å². The summed E-state index contributed by atoms with van der Waals surface area (Å²) in [5.41, 5.74) is 0. The molecule has 0 heterocycles.